The van der Waals surface area contributed by atoms with Crippen molar-refractivity contribution in [3.8, 4) is 0 Å². The highest BCUT2D eigenvalue weighted by molar-refractivity contribution is 5.79. The standard InChI is InChI=1S/C21H44N6O2/c1-7-22-19(23-10-9-11-24-20(28)29-21(4,5)6)25-16-18(3)17-27-14-12-26(8-2)13-15-27/h18H,7-17H2,1-6H3,(H,24,28)(H2,22,23,25). The van der Waals surface area contributed by atoms with Gasteiger partial charge in [-0.1, -0.05) is 13.8 Å². The average molecular weight is 413 g/mol. The van der Waals surface area contributed by atoms with Crippen LogP contribution in [0.1, 0.15) is 48.0 Å². The molecule has 0 bridgehead atoms. The molecule has 0 aromatic heterocycles. The molecule has 1 aliphatic rings. The van der Waals surface area contributed by atoms with Crippen LogP contribution < -0.4 is 16.0 Å². The van der Waals surface area contributed by atoms with E-state index in [4.69, 9.17) is 9.73 Å². The molecule has 1 unspecified atom stereocenters. The second-order valence-electron chi connectivity index (χ2n) is 8.77. The zero-order valence-corrected chi connectivity index (χ0v) is 19.5. The molecule has 1 heterocycles. The molecule has 0 aliphatic carbocycles. The van der Waals surface area contributed by atoms with Crippen molar-refractivity contribution in [1.29, 1.82) is 0 Å². The second-order valence-corrected chi connectivity index (χ2v) is 8.77. The van der Waals surface area contributed by atoms with E-state index in [1.54, 1.807) is 0 Å². The Balaban J connectivity index is 2.25. The van der Waals surface area contributed by atoms with E-state index in [0.717, 1.165) is 58.2 Å². The van der Waals surface area contributed by atoms with Gasteiger partial charge in [-0.25, -0.2) is 4.79 Å². The zero-order valence-electron chi connectivity index (χ0n) is 19.5. The van der Waals surface area contributed by atoms with E-state index in [2.05, 4.69) is 46.5 Å². The van der Waals surface area contributed by atoms with Crippen molar-refractivity contribution < 1.29 is 9.53 Å². The monoisotopic (exact) mass is 412 g/mol. The molecule has 8 nitrogen and oxygen atoms in total. The highest BCUT2D eigenvalue weighted by atomic mass is 16.6. The van der Waals surface area contributed by atoms with E-state index < -0.39 is 5.60 Å². The van der Waals surface area contributed by atoms with E-state index in [1.807, 2.05) is 20.8 Å². The fraction of sp³-hybridized carbons (Fsp3) is 0.905. The van der Waals surface area contributed by atoms with Gasteiger partial charge in [0, 0.05) is 58.9 Å². The van der Waals surface area contributed by atoms with Gasteiger partial charge in [-0.15, -0.1) is 0 Å². The van der Waals surface area contributed by atoms with Gasteiger partial charge in [0.2, 0.25) is 0 Å². The predicted molar refractivity (Wildman–Crippen MR) is 121 cm³/mol. The molecule has 0 aromatic rings. The highest BCUT2D eigenvalue weighted by Gasteiger charge is 2.17. The lowest BCUT2D eigenvalue weighted by atomic mass is 10.1. The number of piperazine rings is 1. The Morgan fingerprint density at radius 3 is 2.24 bits per heavy atom. The lowest BCUT2D eigenvalue weighted by Gasteiger charge is -2.35. The summed E-state index contributed by atoms with van der Waals surface area (Å²) in [5.74, 6) is 1.36. The minimum atomic E-state index is -0.465. The number of carbonyl (C=O) groups excluding carboxylic acids is 1. The van der Waals surface area contributed by atoms with Crippen molar-refractivity contribution in [2.45, 2.75) is 53.6 Å². The van der Waals surface area contributed by atoms with Crippen LogP contribution in [0.25, 0.3) is 0 Å². The third kappa shape index (κ3) is 12.6. The minimum Gasteiger partial charge on any atom is -0.444 e. The van der Waals surface area contributed by atoms with Gasteiger partial charge in [0.25, 0.3) is 0 Å². The summed E-state index contributed by atoms with van der Waals surface area (Å²) < 4.78 is 5.23. The van der Waals surface area contributed by atoms with Gasteiger partial charge in [-0.05, 0) is 46.6 Å². The van der Waals surface area contributed by atoms with Gasteiger partial charge in [-0.2, -0.15) is 0 Å². The number of amides is 1. The molecule has 1 atom stereocenters. The smallest absolute Gasteiger partial charge is 0.407 e. The van der Waals surface area contributed by atoms with Crippen LogP contribution >= 0.6 is 0 Å². The maximum atomic E-state index is 11.6. The van der Waals surface area contributed by atoms with E-state index >= 15 is 0 Å². The molecule has 1 saturated heterocycles. The highest BCUT2D eigenvalue weighted by Crippen LogP contribution is 2.07. The summed E-state index contributed by atoms with van der Waals surface area (Å²) in [6, 6.07) is 0. The Kier molecular flexibility index (Phi) is 12.0. The van der Waals surface area contributed by atoms with Crippen LogP contribution in [0.5, 0.6) is 0 Å². The van der Waals surface area contributed by atoms with Crippen molar-refractivity contribution in [3.05, 3.63) is 0 Å². The first-order valence-corrected chi connectivity index (χ1v) is 11.2. The number of nitrogens with zero attached hydrogens (tertiary/aromatic N) is 3. The normalized spacial score (nSPS) is 17.7. The van der Waals surface area contributed by atoms with Crippen LogP contribution in [-0.2, 0) is 4.74 Å². The number of rotatable bonds is 10. The lowest BCUT2D eigenvalue weighted by Crippen LogP contribution is -2.47. The Morgan fingerprint density at radius 2 is 1.66 bits per heavy atom. The molecular weight excluding hydrogens is 368 g/mol. The van der Waals surface area contributed by atoms with Crippen LogP contribution in [0.15, 0.2) is 4.99 Å². The third-order valence-corrected chi connectivity index (χ3v) is 4.70. The number of hydrogen-bond acceptors (Lipinski definition) is 5. The zero-order chi connectivity index (χ0) is 21.7. The molecule has 1 fully saturated rings. The lowest BCUT2D eigenvalue weighted by molar-refractivity contribution is 0.0527. The quantitative estimate of drug-likeness (QED) is 0.288. The van der Waals surface area contributed by atoms with Gasteiger partial charge >= 0.3 is 6.09 Å². The first-order chi connectivity index (χ1) is 13.7. The third-order valence-electron chi connectivity index (χ3n) is 4.70. The minimum absolute atomic E-state index is 0.369. The predicted octanol–water partition coefficient (Wildman–Crippen LogP) is 1.73. The van der Waals surface area contributed by atoms with E-state index in [0.29, 0.717) is 12.5 Å². The number of alkyl carbamates (subject to hydrolysis) is 1. The fourth-order valence-electron chi connectivity index (χ4n) is 3.18. The van der Waals surface area contributed by atoms with E-state index in [-0.39, 0.29) is 6.09 Å². The van der Waals surface area contributed by atoms with Crippen LogP contribution in [0.2, 0.25) is 0 Å². The van der Waals surface area contributed by atoms with Crippen LogP contribution in [0.4, 0.5) is 4.79 Å². The van der Waals surface area contributed by atoms with Crippen molar-refractivity contribution in [2.75, 3.05) is 65.4 Å². The number of nitrogens with one attached hydrogen (secondary N) is 3. The molecule has 0 aromatic carbocycles. The number of guanidine groups is 1. The molecule has 0 radical (unpaired) electrons. The first-order valence-electron chi connectivity index (χ1n) is 11.2. The number of hydrogen-bond donors (Lipinski definition) is 3. The summed E-state index contributed by atoms with van der Waals surface area (Å²) in [4.78, 5) is 21.4. The largest absolute Gasteiger partial charge is 0.444 e. The summed E-state index contributed by atoms with van der Waals surface area (Å²) in [7, 11) is 0. The van der Waals surface area contributed by atoms with Crippen LogP contribution in [0, 0.1) is 5.92 Å². The van der Waals surface area contributed by atoms with Crippen molar-refractivity contribution >= 4 is 12.1 Å². The van der Waals surface area contributed by atoms with Gasteiger partial charge < -0.3 is 30.5 Å². The average Bonchev–Trinajstić information content (AvgIpc) is 2.65. The molecule has 3 N–H and O–H groups in total. The summed E-state index contributed by atoms with van der Waals surface area (Å²) >= 11 is 0. The van der Waals surface area contributed by atoms with Gasteiger partial charge in [0.15, 0.2) is 5.96 Å². The molecule has 8 heteroatoms. The van der Waals surface area contributed by atoms with Gasteiger partial charge in [0.1, 0.15) is 5.60 Å². The topological polar surface area (TPSA) is 81.2 Å². The summed E-state index contributed by atoms with van der Waals surface area (Å²) in [6.45, 7) is 22.0. The Hall–Kier alpha value is -1.54. The Morgan fingerprint density at radius 1 is 1.03 bits per heavy atom. The first kappa shape index (κ1) is 25.5. The summed E-state index contributed by atoms with van der Waals surface area (Å²) in [5, 5.41) is 9.41. The van der Waals surface area contributed by atoms with E-state index in [1.165, 1.54) is 13.1 Å². The number of likely N-dealkylation sites (N-methyl/N-ethyl adjacent to an activating group) is 1. The van der Waals surface area contributed by atoms with Gasteiger partial charge in [-0.3, -0.25) is 4.99 Å². The Bertz CT molecular complexity index is 484. The summed E-state index contributed by atoms with van der Waals surface area (Å²) in [5.41, 5.74) is -0.465. The molecule has 1 amide bonds. The van der Waals surface area contributed by atoms with Crippen molar-refractivity contribution in [1.82, 2.24) is 25.8 Å². The number of aliphatic imine (C=N–C) groups is 1. The molecule has 1 aliphatic heterocycles. The van der Waals surface area contributed by atoms with Crippen molar-refractivity contribution in [2.24, 2.45) is 10.9 Å². The molecular formula is C21H44N6O2. The maximum absolute atomic E-state index is 11.6. The van der Waals surface area contributed by atoms with Gasteiger partial charge in [0.05, 0.1) is 0 Å². The van der Waals surface area contributed by atoms with E-state index in [9.17, 15) is 4.79 Å². The fourth-order valence-corrected chi connectivity index (χ4v) is 3.18. The van der Waals surface area contributed by atoms with Crippen molar-refractivity contribution in [3.63, 3.8) is 0 Å². The van der Waals surface area contributed by atoms with Crippen LogP contribution in [-0.4, -0.2) is 92.9 Å². The SMILES string of the molecule is CCNC(=NCC(C)CN1CCN(CC)CC1)NCCCNC(=O)OC(C)(C)C. The summed E-state index contributed by atoms with van der Waals surface area (Å²) in [6.07, 6.45) is 0.438. The second kappa shape index (κ2) is 13.6. The maximum Gasteiger partial charge on any atom is 0.407 e. The Labute approximate surface area is 177 Å². The number of ether oxygens (including phenoxy) is 1. The molecule has 0 saturated carbocycles. The van der Waals surface area contributed by atoms with Crippen LogP contribution in [0.3, 0.4) is 0 Å². The molecule has 170 valence electrons. The number of carbonyl (C=O) groups is 1. The molecule has 29 heavy (non-hydrogen) atoms. The molecule has 0 spiro atoms. The molecule has 1 rings (SSSR count).